The molecule has 0 spiro atoms. The van der Waals surface area contributed by atoms with Gasteiger partial charge in [0.25, 0.3) is 0 Å². The number of hydrogen-bond acceptors (Lipinski definition) is 2. The van der Waals surface area contributed by atoms with Gasteiger partial charge in [0.1, 0.15) is 0 Å². The first-order valence-electron chi connectivity index (χ1n) is 6.68. The van der Waals surface area contributed by atoms with Crippen molar-refractivity contribution in [3.63, 3.8) is 0 Å². The van der Waals surface area contributed by atoms with E-state index in [1.807, 2.05) is 0 Å². The second-order valence-electron chi connectivity index (χ2n) is 5.22. The Hall–Kier alpha value is -0.480. The van der Waals surface area contributed by atoms with Crippen molar-refractivity contribution in [3.05, 3.63) is 21.9 Å². The summed E-state index contributed by atoms with van der Waals surface area (Å²) in [4.78, 5) is 1.25. The van der Waals surface area contributed by atoms with Crippen LogP contribution in [0.5, 0.6) is 0 Å². The molecule has 2 rings (SSSR count). The number of nitrogens with one attached hydrogen (secondary N) is 1. The molecule has 1 aliphatic carbocycles. The topological polar surface area (TPSA) is 12.0 Å². The van der Waals surface area contributed by atoms with E-state index in [1.165, 1.54) is 10.4 Å². The molecule has 1 N–H and O–H groups in total. The smallest absolute Gasteiger partial charge is 0.248 e. The SMILES string of the molecule is CCCNC(c1ccsc1C)C1CCC(F)(F)C1. The van der Waals surface area contributed by atoms with Crippen molar-refractivity contribution in [3.8, 4) is 0 Å². The van der Waals surface area contributed by atoms with Crippen molar-refractivity contribution in [2.24, 2.45) is 5.92 Å². The van der Waals surface area contributed by atoms with Gasteiger partial charge in [-0.15, -0.1) is 11.3 Å². The Morgan fingerprint density at radius 2 is 2.33 bits per heavy atom. The zero-order valence-corrected chi connectivity index (χ0v) is 11.8. The van der Waals surface area contributed by atoms with E-state index < -0.39 is 5.92 Å². The summed E-state index contributed by atoms with van der Waals surface area (Å²) in [6.45, 7) is 5.07. The highest BCUT2D eigenvalue weighted by atomic mass is 32.1. The number of hydrogen-bond donors (Lipinski definition) is 1. The van der Waals surface area contributed by atoms with E-state index in [0.29, 0.717) is 6.42 Å². The van der Waals surface area contributed by atoms with Gasteiger partial charge < -0.3 is 5.32 Å². The lowest BCUT2D eigenvalue weighted by molar-refractivity contribution is 0.00326. The first-order valence-corrected chi connectivity index (χ1v) is 7.56. The Morgan fingerprint density at radius 3 is 2.83 bits per heavy atom. The first-order chi connectivity index (χ1) is 8.53. The molecule has 0 bridgehead atoms. The Kier molecular flexibility index (Phi) is 4.38. The zero-order valence-electron chi connectivity index (χ0n) is 11.0. The summed E-state index contributed by atoms with van der Waals surface area (Å²) < 4.78 is 26.8. The van der Waals surface area contributed by atoms with Crippen LogP contribution in [0.25, 0.3) is 0 Å². The minimum atomic E-state index is -2.46. The van der Waals surface area contributed by atoms with Crippen LogP contribution in [0.1, 0.15) is 49.1 Å². The Morgan fingerprint density at radius 1 is 1.56 bits per heavy atom. The molecule has 0 radical (unpaired) electrons. The summed E-state index contributed by atoms with van der Waals surface area (Å²) in [5, 5.41) is 5.52. The van der Waals surface area contributed by atoms with Crippen molar-refractivity contribution in [1.82, 2.24) is 5.32 Å². The zero-order chi connectivity index (χ0) is 13.2. The van der Waals surface area contributed by atoms with E-state index in [-0.39, 0.29) is 24.8 Å². The molecule has 0 aromatic carbocycles. The Bertz CT molecular complexity index is 389. The molecule has 1 aromatic heterocycles. The van der Waals surface area contributed by atoms with Crippen LogP contribution in [-0.4, -0.2) is 12.5 Å². The second kappa shape index (κ2) is 5.66. The third-order valence-corrected chi connectivity index (χ3v) is 4.62. The molecule has 0 amide bonds. The molecule has 1 heterocycles. The molecule has 1 aliphatic rings. The van der Waals surface area contributed by atoms with E-state index in [0.717, 1.165) is 13.0 Å². The van der Waals surface area contributed by atoms with E-state index >= 15 is 0 Å². The summed E-state index contributed by atoms with van der Waals surface area (Å²) in [5.41, 5.74) is 1.22. The van der Waals surface area contributed by atoms with Crippen molar-refractivity contribution in [1.29, 1.82) is 0 Å². The van der Waals surface area contributed by atoms with Crippen molar-refractivity contribution < 1.29 is 8.78 Å². The lowest BCUT2D eigenvalue weighted by Crippen LogP contribution is -2.29. The van der Waals surface area contributed by atoms with Crippen molar-refractivity contribution in [2.75, 3.05) is 6.54 Å². The number of alkyl halides is 2. The van der Waals surface area contributed by atoms with Gasteiger partial charge in [-0.1, -0.05) is 6.92 Å². The van der Waals surface area contributed by atoms with Gasteiger partial charge in [-0.05, 0) is 49.2 Å². The third kappa shape index (κ3) is 3.09. The van der Waals surface area contributed by atoms with Gasteiger partial charge >= 0.3 is 0 Å². The molecular formula is C14H21F2NS. The molecule has 0 saturated heterocycles. The van der Waals surface area contributed by atoms with Crippen LogP contribution >= 0.6 is 11.3 Å². The van der Waals surface area contributed by atoms with Gasteiger partial charge in [-0.25, -0.2) is 8.78 Å². The maximum atomic E-state index is 13.4. The Balaban J connectivity index is 2.13. The highest BCUT2D eigenvalue weighted by Gasteiger charge is 2.43. The third-order valence-electron chi connectivity index (χ3n) is 3.76. The lowest BCUT2D eigenvalue weighted by atomic mass is 9.91. The summed E-state index contributed by atoms with van der Waals surface area (Å²) in [5.74, 6) is -2.39. The highest BCUT2D eigenvalue weighted by molar-refractivity contribution is 7.10. The predicted octanol–water partition coefficient (Wildman–Crippen LogP) is 4.53. The van der Waals surface area contributed by atoms with Gasteiger partial charge in [0, 0.05) is 23.8 Å². The average molecular weight is 273 g/mol. The maximum absolute atomic E-state index is 13.4. The van der Waals surface area contributed by atoms with Crippen LogP contribution in [0.4, 0.5) is 8.78 Å². The highest BCUT2D eigenvalue weighted by Crippen LogP contribution is 2.45. The van der Waals surface area contributed by atoms with Gasteiger partial charge in [-0.2, -0.15) is 0 Å². The van der Waals surface area contributed by atoms with Gasteiger partial charge in [-0.3, -0.25) is 0 Å². The summed E-state index contributed by atoms with van der Waals surface area (Å²) in [6.07, 6.45) is 1.74. The minimum Gasteiger partial charge on any atom is -0.310 e. The van der Waals surface area contributed by atoms with E-state index in [9.17, 15) is 8.78 Å². The average Bonchev–Trinajstić information content (AvgIpc) is 2.87. The predicted molar refractivity (Wildman–Crippen MR) is 72.4 cm³/mol. The van der Waals surface area contributed by atoms with Gasteiger partial charge in [0.15, 0.2) is 0 Å². The molecule has 1 aromatic rings. The molecule has 102 valence electrons. The Labute approximate surface area is 112 Å². The summed E-state index contributed by atoms with van der Waals surface area (Å²) in [7, 11) is 0. The monoisotopic (exact) mass is 273 g/mol. The van der Waals surface area contributed by atoms with Crippen LogP contribution in [0.2, 0.25) is 0 Å². The lowest BCUT2D eigenvalue weighted by Gasteiger charge is -2.25. The molecule has 2 unspecified atom stereocenters. The molecule has 1 saturated carbocycles. The van der Waals surface area contributed by atoms with Crippen LogP contribution in [0.15, 0.2) is 11.4 Å². The summed E-state index contributed by atoms with van der Waals surface area (Å²) >= 11 is 1.70. The quantitative estimate of drug-likeness (QED) is 0.831. The molecule has 2 atom stereocenters. The molecule has 1 fully saturated rings. The maximum Gasteiger partial charge on any atom is 0.248 e. The summed E-state index contributed by atoms with van der Waals surface area (Å²) in [6, 6.07) is 2.19. The number of halogens is 2. The minimum absolute atomic E-state index is 0.0314. The first kappa shape index (κ1) is 13.9. The normalized spacial score (nSPS) is 24.3. The molecular weight excluding hydrogens is 252 g/mol. The molecule has 18 heavy (non-hydrogen) atoms. The van der Waals surface area contributed by atoms with Crippen LogP contribution < -0.4 is 5.32 Å². The van der Waals surface area contributed by atoms with Crippen LogP contribution in [0, 0.1) is 12.8 Å². The van der Waals surface area contributed by atoms with Crippen molar-refractivity contribution >= 4 is 11.3 Å². The second-order valence-corrected chi connectivity index (χ2v) is 6.34. The fourth-order valence-electron chi connectivity index (χ4n) is 2.82. The van der Waals surface area contributed by atoms with Crippen molar-refractivity contribution in [2.45, 2.75) is 51.5 Å². The fraction of sp³-hybridized carbons (Fsp3) is 0.714. The van der Waals surface area contributed by atoms with Crippen LogP contribution in [-0.2, 0) is 0 Å². The van der Waals surface area contributed by atoms with E-state index in [1.54, 1.807) is 11.3 Å². The fourth-order valence-corrected chi connectivity index (χ4v) is 3.57. The largest absolute Gasteiger partial charge is 0.310 e. The number of thiophene rings is 1. The standard InChI is InChI=1S/C14H21F2NS/c1-3-7-17-13(12-5-8-18-10(12)2)11-4-6-14(15,16)9-11/h5,8,11,13,17H,3-4,6-7,9H2,1-2H3. The molecule has 4 heteroatoms. The van der Waals surface area contributed by atoms with Gasteiger partial charge in [0.05, 0.1) is 0 Å². The van der Waals surface area contributed by atoms with E-state index in [4.69, 9.17) is 0 Å². The number of aryl methyl sites for hydroxylation is 1. The van der Waals surface area contributed by atoms with Crippen LogP contribution in [0.3, 0.4) is 0 Å². The molecule has 1 nitrogen and oxygen atoms in total. The van der Waals surface area contributed by atoms with Gasteiger partial charge in [0.2, 0.25) is 5.92 Å². The number of rotatable bonds is 5. The molecule has 0 aliphatic heterocycles. The van der Waals surface area contributed by atoms with E-state index in [2.05, 4.69) is 30.6 Å².